The molecule has 3 aromatic rings. The van der Waals surface area contributed by atoms with Crippen molar-refractivity contribution < 1.29 is 14.1 Å². The number of hydrogen-bond acceptors (Lipinski definition) is 4. The minimum Gasteiger partial charge on any atom is -0.461 e. The number of carbonyl (C=O) groups is 1. The van der Waals surface area contributed by atoms with E-state index in [9.17, 15) is 9.36 Å². The van der Waals surface area contributed by atoms with Crippen LogP contribution in [0.4, 0.5) is 0 Å². The van der Waals surface area contributed by atoms with Gasteiger partial charge in [0.15, 0.2) is 11.0 Å². The lowest BCUT2D eigenvalue weighted by Crippen LogP contribution is -2.19. The van der Waals surface area contributed by atoms with Crippen LogP contribution in [0.5, 0.6) is 0 Å². The predicted octanol–water partition coefficient (Wildman–Crippen LogP) is 5.18. The topological polar surface area (TPSA) is 83.0 Å². The third-order valence-corrected chi connectivity index (χ3v) is 6.67. The van der Waals surface area contributed by atoms with Crippen molar-refractivity contribution in [3.05, 3.63) is 63.8 Å². The van der Waals surface area contributed by atoms with E-state index in [2.05, 4.69) is 4.98 Å². The van der Waals surface area contributed by atoms with Gasteiger partial charge in [-0.05, 0) is 61.7 Å². The molecule has 2 aromatic carbocycles. The van der Waals surface area contributed by atoms with E-state index in [4.69, 9.17) is 21.6 Å². The van der Waals surface area contributed by atoms with Crippen molar-refractivity contribution >= 4 is 53.0 Å². The molecule has 1 heterocycles. The van der Waals surface area contributed by atoms with Gasteiger partial charge < -0.3 is 9.72 Å². The molecule has 0 amide bonds. The molecule has 5 nitrogen and oxygen atoms in total. The lowest BCUT2D eigenvalue weighted by molar-refractivity contribution is 0.0522. The van der Waals surface area contributed by atoms with Crippen molar-refractivity contribution in [1.29, 1.82) is 5.26 Å². The van der Waals surface area contributed by atoms with Crippen LogP contribution >= 0.6 is 19.4 Å². The average molecular weight is 440 g/mol. The molecule has 0 bridgehead atoms. The van der Waals surface area contributed by atoms with E-state index in [0.717, 1.165) is 16.7 Å². The van der Waals surface area contributed by atoms with Crippen molar-refractivity contribution in [2.24, 2.45) is 0 Å². The molecule has 0 radical (unpaired) electrons. The van der Waals surface area contributed by atoms with Gasteiger partial charge in [-0.2, -0.15) is 5.26 Å². The van der Waals surface area contributed by atoms with Crippen molar-refractivity contribution in [2.75, 3.05) is 6.61 Å². The van der Waals surface area contributed by atoms with Crippen molar-refractivity contribution in [3.8, 4) is 6.07 Å². The lowest BCUT2D eigenvalue weighted by atomic mass is 10.0. The number of nitrogens with one attached hydrogen (secondary N) is 1. The number of esters is 1. The van der Waals surface area contributed by atoms with E-state index in [1.54, 1.807) is 31.2 Å². The molecular weight excluding hydrogens is 419 g/mol. The van der Waals surface area contributed by atoms with Gasteiger partial charge in [-0.25, -0.2) is 4.79 Å². The number of H-pyrrole nitrogens is 1. The summed E-state index contributed by atoms with van der Waals surface area (Å²) in [6, 6.07) is 11.0. The van der Waals surface area contributed by atoms with Crippen LogP contribution < -0.4 is 10.6 Å². The molecule has 0 aliphatic heterocycles. The molecule has 1 aromatic heterocycles. The Morgan fingerprint density at radius 3 is 2.73 bits per heavy atom. The summed E-state index contributed by atoms with van der Waals surface area (Å²) in [5.41, 5.74) is 3.47. The quantitative estimate of drug-likeness (QED) is 0.326. The van der Waals surface area contributed by atoms with Crippen molar-refractivity contribution in [2.45, 2.75) is 27.2 Å². The maximum Gasteiger partial charge on any atom is 0.418 e. The van der Waals surface area contributed by atoms with Gasteiger partial charge in [0.1, 0.15) is 0 Å². The van der Waals surface area contributed by atoms with Crippen LogP contribution in [-0.2, 0) is 15.7 Å². The Labute approximate surface area is 181 Å². The molecule has 30 heavy (non-hydrogen) atoms. The molecule has 7 heteroatoms. The van der Waals surface area contributed by atoms with Gasteiger partial charge in [-0.15, -0.1) is 0 Å². The Morgan fingerprint density at radius 2 is 2.07 bits per heavy atom. The molecule has 0 fully saturated rings. The lowest BCUT2D eigenvalue weighted by Gasteiger charge is -2.06. The summed E-state index contributed by atoms with van der Waals surface area (Å²) in [7, 11) is -2.14. The van der Waals surface area contributed by atoms with E-state index in [-0.39, 0.29) is 12.3 Å². The first-order valence-corrected chi connectivity index (χ1v) is 11.2. The smallest absolute Gasteiger partial charge is 0.418 e. The first-order chi connectivity index (χ1) is 14.4. The second-order valence-corrected chi connectivity index (χ2v) is 8.68. The summed E-state index contributed by atoms with van der Waals surface area (Å²) in [4.78, 5) is 15.7. The number of aromatic nitrogens is 1. The third kappa shape index (κ3) is 4.16. The van der Waals surface area contributed by atoms with Gasteiger partial charge in [0, 0.05) is 16.7 Å². The van der Waals surface area contributed by atoms with Gasteiger partial charge >= 0.3 is 13.8 Å². The Kier molecular flexibility index (Phi) is 6.72. The molecule has 1 unspecified atom stereocenters. The minimum absolute atomic E-state index is 0.174. The van der Waals surface area contributed by atoms with E-state index in [0.29, 0.717) is 33.0 Å². The number of rotatable bonds is 6. The highest BCUT2D eigenvalue weighted by Crippen LogP contribution is 2.32. The van der Waals surface area contributed by atoms with Gasteiger partial charge in [0.25, 0.3) is 0 Å². The van der Waals surface area contributed by atoms with E-state index >= 15 is 0 Å². The largest absolute Gasteiger partial charge is 0.461 e. The summed E-state index contributed by atoms with van der Waals surface area (Å²) in [6.07, 6.45) is 3.75. The number of ether oxygens (including phenoxy) is 1. The molecule has 152 valence electrons. The summed E-state index contributed by atoms with van der Waals surface area (Å²) in [5, 5.41) is 11.1. The normalized spacial score (nSPS) is 11.6. The number of benzene rings is 2. The molecule has 0 aliphatic rings. The van der Waals surface area contributed by atoms with Gasteiger partial charge in [0.05, 0.1) is 23.6 Å². The number of halogens is 1. The van der Waals surface area contributed by atoms with Gasteiger partial charge in [-0.3, -0.25) is 0 Å². The van der Waals surface area contributed by atoms with E-state index < -0.39 is 13.8 Å². The van der Waals surface area contributed by atoms with E-state index in [1.165, 1.54) is 6.08 Å². The molecule has 1 N–H and O–H groups in total. The second kappa shape index (κ2) is 9.26. The molecule has 3 rings (SSSR count). The molecule has 0 aliphatic carbocycles. The van der Waals surface area contributed by atoms with Crippen molar-refractivity contribution in [3.63, 3.8) is 0 Å². The van der Waals surface area contributed by atoms with Crippen LogP contribution in [0.2, 0.25) is 5.02 Å². The highest BCUT2D eigenvalue weighted by Gasteiger charge is 2.37. The average Bonchev–Trinajstić information content (AvgIpc) is 3.10. The fraction of sp³-hybridized carbons (Fsp3) is 0.217. The Hall–Kier alpha value is -2.93. The van der Waals surface area contributed by atoms with Crippen LogP contribution in [0.3, 0.4) is 0 Å². The number of hydrogen-bond donors (Lipinski definition) is 1. The molecular formula is C23H21ClN2O3P+. The zero-order valence-corrected chi connectivity index (χ0v) is 18.6. The maximum absolute atomic E-state index is 13.9. The van der Waals surface area contributed by atoms with Crippen LogP contribution in [0.15, 0.2) is 36.4 Å². The van der Waals surface area contributed by atoms with Gasteiger partial charge in [0.2, 0.25) is 5.30 Å². The van der Waals surface area contributed by atoms with E-state index in [1.807, 2.05) is 32.0 Å². The third-order valence-electron chi connectivity index (χ3n) is 4.73. The number of carbonyl (C=O) groups excluding carboxylic acids is 1. The molecule has 0 spiro atoms. The Bertz CT molecular complexity index is 1220. The first kappa shape index (κ1) is 21.8. The molecule has 0 saturated carbocycles. The number of fused-ring (bicyclic) bond motifs is 1. The molecule has 0 saturated heterocycles. The van der Waals surface area contributed by atoms with Crippen molar-refractivity contribution in [1.82, 2.24) is 4.98 Å². The maximum atomic E-state index is 13.9. The standard InChI is InChI=1S/C23H20ClN2O3P/c1-4-17-15(7-6-10-25)11-14(3)12-20(17)30(28)22-18-13-16(24)8-9-19(18)26-21(22)23(27)29-5-2/h6-9,11-13H,4-5H2,1-3H3/p+1/b7-6+. The van der Waals surface area contributed by atoms with Crippen LogP contribution in [0, 0.1) is 18.3 Å². The fourth-order valence-electron chi connectivity index (χ4n) is 3.50. The summed E-state index contributed by atoms with van der Waals surface area (Å²) in [5.74, 6) is -0.557. The number of aromatic amines is 1. The Morgan fingerprint density at radius 1 is 1.30 bits per heavy atom. The van der Waals surface area contributed by atoms with Crippen LogP contribution in [0.25, 0.3) is 17.0 Å². The second-order valence-electron chi connectivity index (χ2n) is 6.72. The zero-order chi connectivity index (χ0) is 21.8. The number of nitrogens with zero attached hydrogens (tertiary/aromatic N) is 1. The van der Waals surface area contributed by atoms with Crippen LogP contribution in [0.1, 0.15) is 41.0 Å². The SMILES string of the molecule is CCOC(=O)c1[nH]c2ccc(Cl)cc2c1[P+](=O)c1cc(C)cc(/C=C/C#N)c1CC. The molecule has 1 atom stereocenters. The number of aryl methyl sites for hydroxylation is 1. The summed E-state index contributed by atoms with van der Waals surface area (Å²) in [6.45, 7) is 5.81. The first-order valence-electron chi connectivity index (χ1n) is 9.56. The fourth-order valence-corrected chi connectivity index (χ4v) is 5.52. The summed E-state index contributed by atoms with van der Waals surface area (Å²) < 4.78 is 19.1. The number of allylic oxidation sites excluding steroid dienone is 1. The highest BCUT2D eigenvalue weighted by atomic mass is 35.5. The predicted molar refractivity (Wildman–Crippen MR) is 121 cm³/mol. The Balaban J connectivity index is 2.30. The monoisotopic (exact) mass is 439 g/mol. The zero-order valence-electron chi connectivity index (χ0n) is 17.0. The number of nitriles is 1. The minimum atomic E-state index is -2.14. The summed E-state index contributed by atoms with van der Waals surface area (Å²) >= 11 is 6.19. The highest BCUT2D eigenvalue weighted by molar-refractivity contribution is 7.62. The van der Waals surface area contributed by atoms with Crippen LogP contribution in [-0.4, -0.2) is 17.6 Å². The van der Waals surface area contributed by atoms with Gasteiger partial charge in [-0.1, -0.05) is 29.2 Å².